The average Bonchev–Trinajstić information content (AvgIpc) is 2.79. The zero-order chi connectivity index (χ0) is 23.3. The van der Waals surface area contributed by atoms with Crippen LogP contribution in [0.2, 0.25) is 0 Å². The van der Waals surface area contributed by atoms with Crippen LogP contribution in [0.1, 0.15) is 16.7 Å². The second kappa shape index (κ2) is 10.1. The van der Waals surface area contributed by atoms with Crippen LogP contribution in [-0.2, 0) is 10.1 Å². The van der Waals surface area contributed by atoms with Crippen molar-refractivity contribution in [2.24, 2.45) is 0 Å². The highest BCUT2D eigenvalue weighted by atomic mass is 127. The van der Waals surface area contributed by atoms with Gasteiger partial charge >= 0.3 is 10.1 Å². The summed E-state index contributed by atoms with van der Waals surface area (Å²) in [6, 6.07) is 19.1. The van der Waals surface area contributed by atoms with Gasteiger partial charge in [0, 0.05) is 0 Å². The molecule has 0 saturated carbocycles. The number of halogens is 1. The first-order chi connectivity index (χ1) is 15.3. The minimum absolute atomic E-state index is 0.0520. The molecule has 164 valence electrons. The highest BCUT2D eigenvalue weighted by Gasteiger charge is 2.22. The number of hydrogen-bond donors (Lipinski definition) is 0. The first-order valence-electron chi connectivity index (χ1n) is 9.42. The van der Waals surface area contributed by atoms with Crippen molar-refractivity contribution in [3.63, 3.8) is 0 Å². The Hall–Kier alpha value is -3.03. The number of methoxy groups -OCH3 is 2. The lowest BCUT2D eigenvalue weighted by atomic mass is 10.0. The Balaban J connectivity index is 1.97. The lowest BCUT2D eigenvalue weighted by Crippen LogP contribution is -2.11. The van der Waals surface area contributed by atoms with Gasteiger partial charge in [-0.25, -0.2) is 0 Å². The van der Waals surface area contributed by atoms with E-state index in [4.69, 9.17) is 13.7 Å². The van der Waals surface area contributed by atoms with E-state index in [1.807, 2.05) is 29.5 Å². The number of nitrogens with zero attached hydrogens (tertiary/aromatic N) is 1. The molecule has 0 aliphatic carbocycles. The van der Waals surface area contributed by atoms with Crippen molar-refractivity contribution in [3.8, 4) is 23.3 Å². The van der Waals surface area contributed by atoms with Crippen LogP contribution in [0.3, 0.4) is 0 Å². The van der Waals surface area contributed by atoms with Gasteiger partial charge in [-0.15, -0.1) is 0 Å². The van der Waals surface area contributed by atoms with Gasteiger partial charge in [0.2, 0.25) is 0 Å². The second-order valence-electron chi connectivity index (χ2n) is 6.78. The standard InChI is InChI=1S/C24H20INO5S/c1-16-4-10-21(11-5-16)32(27,28)31-24-22(25)13-17(14-23(24)30-3)12-19(15-26)18-6-8-20(29-2)9-7-18/h4-14H,1-3H3/b19-12+. The maximum atomic E-state index is 12.7. The summed E-state index contributed by atoms with van der Waals surface area (Å²) in [5, 5.41) is 9.63. The number of hydrogen-bond acceptors (Lipinski definition) is 6. The summed E-state index contributed by atoms with van der Waals surface area (Å²) >= 11 is 1.98. The molecule has 0 aliphatic heterocycles. The molecule has 0 bridgehead atoms. The van der Waals surface area contributed by atoms with E-state index in [2.05, 4.69) is 6.07 Å². The molecule has 0 N–H and O–H groups in total. The molecule has 0 unspecified atom stereocenters. The minimum atomic E-state index is -4.04. The lowest BCUT2D eigenvalue weighted by Gasteiger charge is -2.14. The van der Waals surface area contributed by atoms with Crippen LogP contribution in [0.5, 0.6) is 17.2 Å². The van der Waals surface area contributed by atoms with Crippen LogP contribution < -0.4 is 13.7 Å². The van der Waals surface area contributed by atoms with Gasteiger partial charge < -0.3 is 13.7 Å². The molecule has 3 rings (SSSR count). The summed E-state index contributed by atoms with van der Waals surface area (Å²) in [7, 11) is -1.03. The molecule has 8 heteroatoms. The van der Waals surface area contributed by atoms with Gasteiger partial charge in [0.05, 0.1) is 29.4 Å². The smallest absolute Gasteiger partial charge is 0.339 e. The van der Waals surface area contributed by atoms with Gasteiger partial charge in [-0.2, -0.15) is 13.7 Å². The van der Waals surface area contributed by atoms with Crippen LogP contribution in [0.15, 0.2) is 65.6 Å². The number of nitriles is 1. The number of rotatable bonds is 7. The van der Waals surface area contributed by atoms with Crippen LogP contribution in [-0.4, -0.2) is 22.6 Å². The Morgan fingerprint density at radius 2 is 1.66 bits per heavy atom. The Bertz CT molecular complexity index is 1290. The molecule has 0 aliphatic rings. The zero-order valence-electron chi connectivity index (χ0n) is 17.6. The van der Waals surface area contributed by atoms with Crippen LogP contribution >= 0.6 is 22.6 Å². The van der Waals surface area contributed by atoms with E-state index in [-0.39, 0.29) is 16.4 Å². The first-order valence-corrected chi connectivity index (χ1v) is 11.9. The minimum Gasteiger partial charge on any atom is -0.497 e. The molecular weight excluding hydrogens is 541 g/mol. The van der Waals surface area contributed by atoms with Crippen molar-refractivity contribution < 1.29 is 22.1 Å². The predicted octanol–water partition coefficient (Wildman–Crippen LogP) is 5.45. The molecule has 3 aromatic carbocycles. The largest absolute Gasteiger partial charge is 0.497 e. The van der Waals surface area contributed by atoms with E-state index in [1.165, 1.54) is 19.2 Å². The van der Waals surface area contributed by atoms with E-state index in [0.29, 0.717) is 20.5 Å². The Labute approximate surface area is 201 Å². The van der Waals surface area contributed by atoms with E-state index < -0.39 is 10.1 Å². The maximum Gasteiger partial charge on any atom is 0.339 e. The maximum absolute atomic E-state index is 12.7. The highest BCUT2D eigenvalue weighted by molar-refractivity contribution is 14.1. The third kappa shape index (κ3) is 5.41. The third-order valence-electron chi connectivity index (χ3n) is 4.59. The molecule has 3 aromatic rings. The van der Waals surface area contributed by atoms with Gasteiger partial charge in [-0.1, -0.05) is 17.7 Å². The normalized spacial score (nSPS) is 11.5. The molecule has 0 radical (unpaired) electrons. The molecule has 0 spiro atoms. The first kappa shape index (κ1) is 23.6. The van der Waals surface area contributed by atoms with Gasteiger partial charge in [-0.05, 0) is 95.2 Å². The highest BCUT2D eigenvalue weighted by Crippen LogP contribution is 2.37. The van der Waals surface area contributed by atoms with Crippen molar-refractivity contribution in [1.82, 2.24) is 0 Å². The number of allylic oxidation sites excluding steroid dienone is 1. The van der Waals surface area contributed by atoms with Gasteiger partial charge in [0.1, 0.15) is 10.6 Å². The molecule has 0 saturated heterocycles. The summed E-state index contributed by atoms with van der Waals surface area (Å²) in [5.41, 5.74) is 2.77. The fraction of sp³-hybridized carbons (Fsp3) is 0.125. The zero-order valence-corrected chi connectivity index (χ0v) is 20.6. The van der Waals surface area contributed by atoms with E-state index in [1.54, 1.807) is 61.7 Å². The second-order valence-corrected chi connectivity index (χ2v) is 9.49. The Morgan fingerprint density at radius 3 is 2.22 bits per heavy atom. The third-order valence-corrected chi connectivity index (χ3v) is 6.62. The van der Waals surface area contributed by atoms with Crippen molar-refractivity contribution in [1.29, 1.82) is 5.26 Å². The van der Waals surface area contributed by atoms with Crippen LogP contribution in [0, 0.1) is 21.8 Å². The molecule has 6 nitrogen and oxygen atoms in total. The van der Waals surface area contributed by atoms with E-state index in [0.717, 1.165) is 11.1 Å². The van der Waals surface area contributed by atoms with Gasteiger partial charge in [-0.3, -0.25) is 0 Å². The molecule has 32 heavy (non-hydrogen) atoms. The average molecular weight is 561 g/mol. The predicted molar refractivity (Wildman–Crippen MR) is 131 cm³/mol. The van der Waals surface area contributed by atoms with E-state index >= 15 is 0 Å². The van der Waals surface area contributed by atoms with Gasteiger partial charge in [0.15, 0.2) is 11.5 Å². The quantitative estimate of drug-likeness (QED) is 0.165. The molecule has 0 aromatic heterocycles. The monoisotopic (exact) mass is 561 g/mol. The van der Waals surface area contributed by atoms with Crippen LogP contribution in [0.25, 0.3) is 11.6 Å². The molecule has 0 fully saturated rings. The fourth-order valence-corrected chi connectivity index (χ4v) is 4.73. The summed E-state index contributed by atoms with van der Waals surface area (Å²) in [4.78, 5) is 0.0520. The Kier molecular flexibility index (Phi) is 7.43. The Morgan fingerprint density at radius 1 is 1.00 bits per heavy atom. The summed E-state index contributed by atoms with van der Waals surface area (Å²) in [6.45, 7) is 1.87. The summed E-state index contributed by atoms with van der Waals surface area (Å²) in [6.07, 6.45) is 1.70. The molecule has 0 heterocycles. The SMILES string of the molecule is COc1ccc(/C(C#N)=C/c2cc(I)c(OS(=O)(=O)c3ccc(C)cc3)c(OC)c2)cc1. The molecule has 0 amide bonds. The number of aryl methyl sites for hydroxylation is 1. The number of benzene rings is 3. The fourth-order valence-electron chi connectivity index (χ4n) is 2.88. The topological polar surface area (TPSA) is 85.6 Å². The van der Waals surface area contributed by atoms with Crippen molar-refractivity contribution in [3.05, 3.63) is 80.9 Å². The summed E-state index contributed by atoms with van der Waals surface area (Å²) < 4.78 is 42.0. The van der Waals surface area contributed by atoms with Gasteiger partial charge in [0.25, 0.3) is 0 Å². The molecule has 0 atom stereocenters. The van der Waals surface area contributed by atoms with Crippen molar-refractivity contribution >= 4 is 44.4 Å². The number of ether oxygens (including phenoxy) is 2. The van der Waals surface area contributed by atoms with E-state index in [9.17, 15) is 13.7 Å². The van der Waals surface area contributed by atoms with Crippen LogP contribution in [0.4, 0.5) is 0 Å². The lowest BCUT2D eigenvalue weighted by molar-refractivity contribution is 0.389. The van der Waals surface area contributed by atoms with Crippen molar-refractivity contribution in [2.75, 3.05) is 14.2 Å². The summed E-state index contributed by atoms with van der Waals surface area (Å²) in [5.74, 6) is 1.03. The van der Waals surface area contributed by atoms with Crippen molar-refractivity contribution in [2.45, 2.75) is 11.8 Å². The molecular formula is C24H20INO5S.